The summed E-state index contributed by atoms with van der Waals surface area (Å²) in [5.74, 6) is 1.75. The van der Waals surface area contributed by atoms with E-state index >= 15 is 0 Å². The van der Waals surface area contributed by atoms with Gasteiger partial charge in [-0.3, -0.25) is 4.99 Å². The highest BCUT2D eigenvalue weighted by Crippen LogP contribution is 2.47. The third-order valence-electron chi connectivity index (χ3n) is 4.78. The average molecular weight is 465 g/mol. The van der Waals surface area contributed by atoms with Crippen molar-refractivity contribution in [2.24, 2.45) is 4.99 Å². The number of halogens is 1. The molecule has 0 aromatic heterocycles. The summed E-state index contributed by atoms with van der Waals surface area (Å²) in [7, 11) is 1.81. The van der Waals surface area contributed by atoms with Gasteiger partial charge in [-0.2, -0.15) is 0 Å². The minimum atomic E-state index is 0. The molecule has 2 N–H and O–H groups in total. The van der Waals surface area contributed by atoms with E-state index in [9.17, 15) is 0 Å². The molecular formula is C21H28IN3O. The Morgan fingerprint density at radius 2 is 1.73 bits per heavy atom. The highest BCUT2D eigenvalue weighted by molar-refractivity contribution is 14.0. The first-order valence-electron chi connectivity index (χ1n) is 8.98. The van der Waals surface area contributed by atoms with E-state index < -0.39 is 0 Å². The predicted molar refractivity (Wildman–Crippen MR) is 119 cm³/mol. The zero-order valence-electron chi connectivity index (χ0n) is 15.5. The number of rotatable bonds is 7. The van der Waals surface area contributed by atoms with Crippen molar-refractivity contribution in [2.45, 2.75) is 31.7 Å². The molecular weight excluding hydrogens is 437 g/mol. The van der Waals surface area contributed by atoms with Crippen LogP contribution in [0.5, 0.6) is 5.75 Å². The van der Waals surface area contributed by atoms with Crippen LogP contribution in [-0.2, 0) is 12.0 Å². The quantitative estimate of drug-likeness (QED) is 0.368. The lowest BCUT2D eigenvalue weighted by Gasteiger charge is -2.19. The lowest BCUT2D eigenvalue weighted by Crippen LogP contribution is -2.40. The maximum atomic E-state index is 5.68. The molecule has 0 heterocycles. The summed E-state index contributed by atoms with van der Waals surface area (Å²) in [6.45, 7) is 4.27. The van der Waals surface area contributed by atoms with Gasteiger partial charge in [-0.1, -0.05) is 48.5 Å². The molecule has 1 fully saturated rings. The van der Waals surface area contributed by atoms with Crippen LogP contribution in [0.2, 0.25) is 0 Å². The number of guanidine groups is 1. The second kappa shape index (κ2) is 9.80. The zero-order valence-corrected chi connectivity index (χ0v) is 17.8. The fourth-order valence-corrected chi connectivity index (χ4v) is 3.11. The average Bonchev–Trinajstić information content (AvgIpc) is 3.45. The van der Waals surface area contributed by atoms with E-state index in [0.29, 0.717) is 13.2 Å². The largest absolute Gasteiger partial charge is 0.494 e. The van der Waals surface area contributed by atoms with Crippen LogP contribution in [0.25, 0.3) is 0 Å². The Morgan fingerprint density at radius 3 is 2.38 bits per heavy atom. The predicted octanol–water partition coefficient (Wildman–Crippen LogP) is 4.10. The van der Waals surface area contributed by atoms with Crippen LogP contribution < -0.4 is 15.4 Å². The molecule has 3 rings (SSSR count). The summed E-state index contributed by atoms with van der Waals surface area (Å²) in [4.78, 5) is 4.36. The Labute approximate surface area is 173 Å². The van der Waals surface area contributed by atoms with Crippen LogP contribution in [0, 0.1) is 0 Å². The molecule has 0 aliphatic heterocycles. The van der Waals surface area contributed by atoms with Crippen molar-refractivity contribution in [1.82, 2.24) is 10.6 Å². The van der Waals surface area contributed by atoms with E-state index in [4.69, 9.17) is 4.74 Å². The van der Waals surface area contributed by atoms with Gasteiger partial charge >= 0.3 is 0 Å². The third-order valence-corrected chi connectivity index (χ3v) is 4.78. The standard InChI is InChI=1S/C21H27N3O.HI/c1-3-25-19-12-8-7-9-17(19)15-23-20(22-2)24-16-21(13-14-21)18-10-5-4-6-11-18;/h4-12H,3,13-16H2,1-2H3,(H2,22,23,24);1H. The molecule has 0 unspecified atom stereocenters. The minimum Gasteiger partial charge on any atom is -0.494 e. The minimum absolute atomic E-state index is 0. The molecule has 0 amide bonds. The van der Waals surface area contributed by atoms with Gasteiger partial charge in [0.15, 0.2) is 5.96 Å². The van der Waals surface area contributed by atoms with Gasteiger partial charge in [-0.25, -0.2) is 0 Å². The van der Waals surface area contributed by atoms with Gasteiger partial charge in [0, 0.05) is 31.1 Å². The summed E-state index contributed by atoms with van der Waals surface area (Å²) in [5.41, 5.74) is 2.82. The number of aliphatic imine (C=N–C) groups is 1. The molecule has 4 nitrogen and oxygen atoms in total. The fraction of sp³-hybridized carbons (Fsp3) is 0.381. The molecule has 0 atom stereocenters. The molecule has 0 bridgehead atoms. The van der Waals surface area contributed by atoms with E-state index in [0.717, 1.165) is 23.8 Å². The van der Waals surface area contributed by atoms with E-state index in [-0.39, 0.29) is 29.4 Å². The Balaban J connectivity index is 0.00000243. The number of para-hydroxylation sites is 1. The summed E-state index contributed by atoms with van der Waals surface area (Å²) in [6.07, 6.45) is 2.46. The normalized spacial score (nSPS) is 14.9. The highest BCUT2D eigenvalue weighted by atomic mass is 127. The molecule has 1 saturated carbocycles. The second-order valence-corrected chi connectivity index (χ2v) is 6.47. The first-order chi connectivity index (χ1) is 12.3. The number of hydrogen-bond acceptors (Lipinski definition) is 2. The highest BCUT2D eigenvalue weighted by Gasteiger charge is 2.43. The molecule has 2 aromatic carbocycles. The van der Waals surface area contributed by atoms with Crippen LogP contribution in [0.3, 0.4) is 0 Å². The van der Waals surface area contributed by atoms with Crippen molar-refractivity contribution in [3.8, 4) is 5.75 Å². The van der Waals surface area contributed by atoms with Crippen molar-refractivity contribution in [3.63, 3.8) is 0 Å². The van der Waals surface area contributed by atoms with E-state index in [1.54, 1.807) is 0 Å². The van der Waals surface area contributed by atoms with Crippen LogP contribution in [-0.4, -0.2) is 26.2 Å². The van der Waals surface area contributed by atoms with Crippen molar-refractivity contribution in [1.29, 1.82) is 0 Å². The van der Waals surface area contributed by atoms with Gasteiger partial charge < -0.3 is 15.4 Å². The lowest BCUT2D eigenvalue weighted by atomic mass is 9.96. The first-order valence-corrected chi connectivity index (χ1v) is 8.98. The van der Waals surface area contributed by atoms with Crippen molar-refractivity contribution in [3.05, 3.63) is 65.7 Å². The first kappa shape index (κ1) is 20.6. The SMILES string of the molecule is CCOc1ccccc1CNC(=NC)NCC1(c2ccccc2)CC1.I. The number of hydrogen-bond donors (Lipinski definition) is 2. The molecule has 5 heteroatoms. The Morgan fingerprint density at radius 1 is 1.04 bits per heavy atom. The lowest BCUT2D eigenvalue weighted by molar-refractivity contribution is 0.336. The molecule has 140 valence electrons. The fourth-order valence-electron chi connectivity index (χ4n) is 3.11. The van der Waals surface area contributed by atoms with Crippen molar-refractivity contribution >= 4 is 29.9 Å². The molecule has 0 saturated heterocycles. The van der Waals surface area contributed by atoms with Crippen molar-refractivity contribution in [2.75, 3.05) is 20.2 Å². The van der Waals surface area contributed by atoms with Gasteiger partial charge in [0.1, 0.15) is 5.75 Å². The Bertz CT molecular complexity index is 714. The Kier molecular flexibility index (Phi) is 7.75. The molecule has 0 spiro atoms. The Hall–Kier alpha value is -1.76. The molecule has 1 aliphatic carbocycles. The molecule has 2 aromatic rings. The van der Waals surface area contributed by atoms with Crippen LogP contribution in [0.15, 0.2) is 59.6 Å². The van der Waals surface area contributed by atoms with Gasteiger partial charge in [-0.15, -0.1) is 24.0 Å². The topological polar surface area (TPSA) is 45.6 Å². The van der Waals surface area contributed by atoms with Crippen LogP contribution in [0.1, 0.15) is 30.9 Å². The summed E-state index contributed by atoms with van der Waals surface area (Å²) < 4.78 is 5.68. The number of nitrogens with zero attached hydrogens (tertiary/aromatic N) is 1. The van der Waals surface area contributed by atoms with Gasteiger partial charge in [0.2, 0.25) is 0 Å². The maximum absolute atomic E-state index is 5.68. The summed E-state index contributed by atoms with van der Waals surface area (Å²) >= 11 is 0. The van der Waals surface area contributed by atoms with E-state index in [2.05, 4.69) is 52.0 Å². The van der Waals surface area contributed by atoms with Gasteiger partial charge in [0.25, 0.3) is 0 Å². The number of benzene rings is 2. The zero-order chi connectivity index (χ0) is 17.5. The van der Waals surface area contributed by atoms with Gasteiger partial charge in [-0.05, 0) is 31.4 Å². The summed E-state index contributed by atoms with van der Waals surface area (Å²) in [5, 5.41) is 6.89. The monoisotopic (exact) mass is 465 g/mol. The second-order valence-electron chi connectivity index (χ2n) is 6.47. The van der Waals surface area contributed by atoms with Gasteiger partial charge in [0.05, 0.1) is 6.61 Å². The van der Waals surface area contributed by atoms with E-state index in [1.807, 2.05) is 32.2 Å². The third kappa shape index (κ3) is 5.13. The van der Waals surface area contributed by atoms with Crippen molar-refractivity contribution < 1.29 is 4.74 Å². The number of nitrogens with one attached hydrogen (secondary N) is 2. The van der Waals surface area contributed by atoms with E-state index in [1.165, 1.54) is 18.4 Å². The van der Waals surface area contributed by atoms with Crippen LogP contribution >= 0.6 is 24.0 Å². The molecule has 1 aliphatic rings. The maximum Gasteiger partial charge on any atom is 0.191 e. The van der Waals surface area contributed by atoms with Crippen LogP contribution in [0.4, 0.5) is 0 Å². The molecule has 0 radical (unpaired) electrons. The smallest absolute Gasteiger partial charge is 0.191 e. The molecule has 26 heavy (non-hydrogen) atoms. The summed E-state index contributed by atoms with van der Waals surface area (Å²) in [6, 6.07) is 18.9. The number of ether oxygens (including phenoxy) is 1.